The largest absolute Gasteiger partial charge is 0.489 e. The molecule has 30 heavy (non-hydrogen) atoms. The Morgan fingerprint density at radius 3 is 2.70 bits per heavy atom. The summed E-state index contributed by atoms with van der Waals surface area (Å²) >= 11 is 0. The molecule has 0 radical (unpaired) electrons. The molecule has 1 aromatic heterocycles. The van der Waals surface area contributed by atoms with Gasteiger partial charge in [0.15, 0.2) is 0 Å². The van der Waals surface area contributed by atoms with Crippen molar-refractivity contribution in [1.82, 2.24) is 9.88 Å². The molecule has 0 saturated heterocycles. The second-order valence-electron chi connectivity index (χ2n) is 8.03. The summed E-state index contributed by atoms with van der Waals surface area (Å²) in [6.45, 7) is 6.70. The first-order valence-corrected chi connectivity index (χ1v) is 11.1. The van der Waals surface area contributed by atoms with Gasteiger partial charge < -0.3 is 19.7 Å². The van der Waals surface area contributed by atoms with E-state index in [1.807, 2.05) is 24.5 Å². The van der Waals surface area contributed by atoms with E-state index in [2.05, 4.69) is 5.32 Å². The molecule has 1 unspecified atom stereocenters. The SMILES string of the molecule is CC(=O)S(=O)CCNCCCc1cc2c3c(c1)c(=O)c(C(=O)O)cn3C(C)(C)CO2. The number of carboxylic acid groups (broad SMARTS) is 1. The minimum absolute atomic E-state index is 0.249. The van der Waals surface area contributed by atoms with E-state index in [9.17, 15) is 23.7 Å². The van der Waals surface area contributed by atoms with Gasteiger partial charge in [0, 0.05) is 25.4 Å². The van der Waals surface area contributed by atoms with Crippen LogP contribution in [0.25, 0.3) is 10.9 Å². The average molecular weight is 435 g/mol. The maximum Gasteiger partial charge on any atom is 0.341 e. The molecule has 1 aromatic carbocycles. The first-order valence-electron chi connectivity index (χ1n) is 9.80. The van der Waals surface area contributed by atoms with Gasteiger partial charge in [0.2, 0.25) is 10.5 Å². The maximum atomic E-state index is 12.8. The summed E-state index contributed by atoms with van der Waals surface area (Å²) in [5, 5.41) is 12.7. The van der Waals surface area contributed by atoms with Crippen molar-refractivity contribution in [2.45, 2.75) is 39.2 Å². The summed E-state index contributed by atoms with van der Waals surface area (Å²) in [7, 11) is -1.45. The van der Waals surface area contributed by atoms with Gasteiger partial charge in [0.25, 0.3) is 0 Å². The molecule has 1 atom stereocenters. The van der Waals surface area contributed by atoms with Gasteiger partial charge in [-0.2, -0.15) is 0 Å². The number of pyridine rings is 1. The van der Waals surface area contributed by atoms with Crippen LogP contribution in [0.5, 0.6) is 5.75 Å². The lowest BCUT2D eigenvalue weighted by atomic mass is 9.98. The highest BCUT2D eigenvalue weighted by molar-refractivity contribution is 8.00. The summed E-state index contributed by atoms with van der Waals surface area (Å²) in [4.78, 5) is 35.4. The normalized spacial score (nSPS) is 15.6. The molecule has 9 heteroatoms. The highest BCUT2D eigenvalue weighted by Crippen LogP contribution is 2.35. The number of nitrogens with one attached hydrogen (secondary N) is 1. The molecule has 2 N–H and O–H groups in total. The molecule has 162 valence electrons. The highest BCUT2D eigenvalue weighted by atomic mass is 32.2. The number of aryl methyl sites for hydroxylation is 1. The van der Waals surface area contributed by atoms with Crippen LogP contribution in [0.2, 0.25) is 0 Å². The van der Waals surface area contributed by atoms with E-state index in [0.717, 1.165) is 12.0 Å². The third-order valence-electron chi connectivity index (χ3n) is 5.19. The standard InChI is InChI=1S/C21H26N2O6S/c1-13(24)30(28)8-7-22-6-4-5-14-9-15-18-17(10-14)29-12-21(2,3)23(18)11-16(19(15)25)20(26)27/h9-11,22H,4-8,12H2,1-3H3,(H,26,27). The maximum absolute atomic E-state index is 12.8. The van der Waals surface area contributed by atoms with Crippen LogP contribution in [0, 0.1) is 0 Å². The molecule has 1 aliphatic rings. The number of aromatic carboxylic acids is 1. The lowest BCUT2D eigenvalue weighted by Crippen LogP contribution is -2.38. The van der Waals surface area contributed by atoms with E-state index >= 15 is 0 Å². The molecule has 0 bridgehead atoms. The second kappa shape index (κ2) is 8.69. The van der Waals surface area contributed by atoms with Gasteiger partial charge in [-0.1, -0.05) is 0 Å². The quantitative estimate of drug-likeness (QED) is 0.607. The summed E-state index contributed by atoms with van der Waals surface area (Å²) in [6, 6.07) is 3.65. The fraction of sp³-hybridized carbons (Fsp3) is 0.476. The molecule has 0 saturated carbocycles. The van der Waals surface area contributed by atoms with Crippen LogP contribution in [0.15, 0.2) is 23.1 Å². The molecule has 0 aliphatic carbocycles. The zero-order chi connectivity index (χ0) is 22.1. The van der Waals surface area contributed by atoms with E-state index in [-0.39, 0.29) is 16.4 Å². The molecular formula is C21H26N2O6S. The third kappa shape index (κ3) is 4.46. The number of carboxylic acids is 1. The first-order chi connectivity index (χ1) is 14.1. The topological polar surface area (TPSA) is 115 Å². The monoisotopic (exact) mass is 434 g/mol. The van der Waals surface area contributed by atoms with Crippen molar-refractivity contribution in [3.05, 3.63) is 39.7 Å². The Kier molecular flexibility index (Phi) is 6.42. The van der Waals surface area contributed by atoms with Crippen LogP contribution in [0.4, 0.5) is 0 Å². The minimum atomic E-state index is -1.45. The Hall–Kier alpha value is -2.52. The molecule has 0 fully saturated rings. The van der Waals surface area contributed by atoms with Crippen molar-refractivity contribution >= 4 is 32.8 Å². The molecule has 2 aromatic rings. The van der Waals surface area contributed by atoms with Crippen LogP contribution in [0.1, 0.15) is 43.1 Å². The molecule has 0 spiro atoms. The van der Waals surface area contributed by atoms with Crippen molar-refractivity contribution in [2.24, 2.45) is 0 Å². The van der Waals surface area contributed by atoms with Crippen LogP contribution < -0.4 is 15.5 Å². The summed E-state index contributed by atoms with van der Waals surface area (Å²) < 4.78 is 19.2. The lowest BCUT2D eigenvalue weighted by Gasteiger charge is -2.35. The minimum Gasteiger partial charge on any atom is -0.489 e. The Morgan fingerprint density at radius 2 is 2.03 bits per heavy atom. The van der Waals surface area contributed by atoms with E-state index in [0.29, 0.717) is 42.8 Å². The van der Waals surface area contributed by atoms with E-state index in [4.69, 9.17) is 4.74 Å². The summed E-state index contributed by atoms with van der Waals surface area (Å²) in [6.07, 6.45) is 2.83. The van der Waals surface area contributed by atoms with Gasteiger partial charge in [0.1, 0.15) is 17.9 Å². The number of nitrogens with zero attached hydrogens (tertiary/aromatic N) is 1. The van der Waals surface area contributed by atoms with Crippen molar-refractivity contribution in [3.8, 4) is 5.75 Å². The van der Waals surface area contributed by atoms with Gasteiger partial charge in [0.05, 0.1) is 27.2 Å². The summed E-state index contributed by atoms with van der Waals surface area (Å²) in [5.74, 6) is -0.371. The van der Waals surface area contributed by atoms with Crippen LogP contribution in [-0.2, 0) is 27.6 Å². The highest BCUT2D eigenvalue weighted by Gasteiger charge is 2.31. The zero-order valence-electron chi connectivity index (χ0n) is 17.3. The van der Waals surface area contributed by atoms with Crippen molar-refractivity contribution < 1.29 is 23.6 Å². The van der Waals surface area contributed by atoms with Gasteiger partial charge in [-0.05, 0) is 50.9 Å². The zero-order valence-corrected chi connectivity index (χ0v) is 18.1. The van der Waals surface area contributed by atoms with Gasteiger partial charge in [-0.3, -0.25) is 13.8 Å². The van der Waals surface area contributed by atoms with E-state index in [1.54, 1.807) is 6.07 Å². The Morgan fingerprint density at radius 1 is 1.30 bits per heavy atom. The second-order valence-corrected chi connectivity index (χ2v) is 9.71. The summed E-state index contributed by atoms with van der Waals surface area (Å²) in [5.41, 5.74) is 0.269. The van der Waals surface area contributed by atoms with Crippen molar-refractivity contribution in [1.29, 1.82) is 0 Å². The number of benzene rings is 1. The van der Waals surface area contributed by atoms with Crippen LogP contribution in [0.3, 0.4) is 0 Å². The third-order valence-corrected chi connectivity index (χ3v) is 6.41. The lowest BCUT2D eigenvalue weighted by molar-refractivity contribution is -0.109. The van der Waals surface area contributed by atoms with Crippen LogP contribution >= 0.6 is 0 Å². The predicted octanol–water partition coefficient (Wildman–Crippen LogP) is 1.64. The molecule has 0 amide bonds. The molecular weight excluding hydrogens is 408 g/mol. The van der Waals surface area contributed by atoms with Gasteiger partial charge in [-0.15, -0.1) is 0 Å². The number of hydrogen-bond acceptors (Lipinski definition) is 6. The molecule has 3 rings (SSSR count). The number of hydrogen-bond donors (Lipinski definition) is 2. The Balaban J connectivity index is 1.81. The smallest absolute Gasteiger partial charge is 0.341 e. The molecule has 2 heterocycles. The molecule has 8 nitrogen and oxygen atoms in total. The van der Waals surface area contributed by atoms with E-state index in [1.165, 1.54) is 13.1 Å². The van der Waals surface area contributed by atoms with Gasteiger partial charge >= 0.3 is 5.97 Å². The fourth-order valence-corrected chi connectivity index (χ4v) is 4.16. The number of carbonyl (C=O) groups excluding carboxylic acids is 1. The predicted molar refractivity (Wildman–Crippen MR) is 115 cm³/mol. The van der Waals surface area contributed by atoms with Crippen molar-refractivity contribution in [3.63, 3.8) is 0 Å². The molecule has 1 aliphatic heterocycles. The average Bonchev–Trinajstić information content (AvgIpc) is 2.68. The van der Waals surface area contributed by atoms with Gasteiger partial charge in [-0.25, -0.2) is 4.79 Å². The van der Waals surface area contributed by atoms with E-state index < -0.39 is 27.7 Å². The number of carbonyl (C=O) groups is 2. The number of aromatic nitrogens is 1. The van der Waals surface area contributed by atoms with Crippen molar-refractivity contribution in [2.75, 3.05) is 25.4 Å². The number of ether oxygens (including phenoxy) is 1. The Bertz CT molecular complexity index is 1090. The van der Waals surface area contributed by atoms with Crippen LogP contribution in [-0.4, -0.2) is 50.4 Å². The Labute approximate surface area is 176 Å². The fourth-order valence-electron chi connectivity index (χ4n) is 3.54. The first kappa shape index (κ1) is 22.2. The number of rotatable bonds is 8.